The van der Waals surface area contributed by atoms with Gasteiger partial charge in [-0.1, -0.05) is 24.3 Å². The van der Waals surface area contributed by atoms with Gasteiger partial charge in [0.25, 0.3) is 0 Å². The van der Waals surface area contributed by atoms with E-state index in [1.54, 1.807) is 43.5 Å². The quantitative estimate of drug-likeness (QED) is 0.586. The zero-order chi connectivity index (χ0) is 19.5. The summed E-state index contributed by atoms with van der Waals surface area (Å²) in [7, 11) is 1.60. The molecule has 28 heavy (non-hydrogen) atoms. The Labute approximate surface area is 161 Å². The number of halogens is 1. The highest BCUT2D eigenvalue weighted by molar-refractivity contribution is 6.14. The summed E-state index contributed by atoms with van der Waals surface area (Å²) in [6, 6.07) is 18.6. The van der Waals surface area contributed by atoms with Gasteiger partial charge in [-0.15, -0.1) is 0 Å². The number of ether oxygens (including phenoxy) is 3. The highest BCUT2D eigenvalue weighted by atomic mass is 19.1. The zero-order valence-electron chi connectivity index (χ0n) is 15.1. The van der Waals surface area contributed by atoms with Crippen LogP contribution in [0.3, 0.4) is 0 Å². The first kappa shape index (κ1) is 17.8. The first-order valence-corrected chi connectivity index (χ1v) is 8.72. The molecule has 0 aromatic heterocycles. The Bertz CT molecular complexity index is 1050. The number of carbonyl (C=O) groups is 1. The third-order valence-electron chi connectivity index (χ3n) is 4.35. The molecule has 1 aliphatic rings. The number of carbonyl (C=O) groups excluding carboxylic acids is 1. The lowest BCUT2D eigenvalue weighted by molar-refractivity contribution is 0.101. The van der Waals surface area contributed by atoms with Crippen molar-refractivity contribution in [3.8, 4) is 17.2 Å². The molecule has 0 amide bonds. The molecule has 5 heteroatoms. The average Bonchev–Trinajstić information content (AvgIpc) is 3.02. The summed E-state index contributed by atoms with van der Waals surface area (Å²) in [5.74, 6) is 1.49. The molecule has 0 saturated heterocycles. The van der Waals surface area contributed by atoms with E-state index in [9.17, 15) is 9.18 Å². The van der Waals surface area contributed by atoms with Crippen LogP contribution in [-0.2, 0) is 6.61 Å². The summed E-state index contributed by atoms with van der Waals surface area (Å²) in [6.45, 7) is 0.221. The summed E-state index contributed by atoms with van der Waals surface area (Å²) in [5.41, 5.74) is 2.04. The van der Waals surface area contributed by atoms with Crippen molar-refractivity contribution < 1.29 is 23.4 Å². The Morgan fingerprint density at radius 1 is 1.00 bits per heavy atom. The van der Waals surface area contributed by atoms with Gasteiger partial charge in [0.1, 0.15) is 29.7 Å². The van der Waals surface area contributed by atoms with Gasteiger partial charge in [0.05, 0.1) is 12.7 Å². The lowest BCUT2D eigenvalue weighted by atomic mass is 10.1. The molecule has 3 aromatic carbocycles. The lowest BCUT2D eigenvalue weighted by Crippen LogP contribution is -1.98. The minimum atomic E-state index is -0.308. The smallest absolute Gasteiger partial charge is 0.231 e. The molecule has 0 N–H and O–H groups in total. The predicted octanol–water partition coefficient (Wildman–Crippen LogP) is 5.03. The maximum atomic E-state index is 13.3. The minimum Gasteiger partial charge on any atom is -0.497 e. The number of Topliss-reactive ketones (excluding diaryl/α,β-unsaturated/α-hetero) is 1. The fourth-order valence-corrected chi connectivity index (χ4v) is 2.90. The van der Waals surface area contributed by atoms with Gasteiger partial charge < -0.3 is 14.2 Å². The highest BCUT2D eigenvalue weighted by Crippen LogP contribution is 2.35. The van der Waals surface area contributed by atoms with Crippen molar-refractivity contribution in [2.75, 3.05) is 7.11 Å². The maximum absolute atomic E-state index is 13.3. The fraction of sp³-hybridized carbons (Fsp3) is 0.0870. The molecular formula is C23H17FO4. The summed E-state index contributed by atoms with van der Waals surface area (Å²) in [6.07, 6.45) is 1.69. The Morgan fingerprint density at radius 3 is 2.54 bits per heavy atom. The summed E-state index contributed by atoms with van der Waals surface area (Å²) >= 11 is 0. The number of fused-ring (bicyclic) bond motifs is 1. The Morgan fingerprint density at radius 2 is 1.79 bits per heavy atom. The fourth-order valence-electron chi connectivity index (χ4n) is 2.90. The van der Waals surface area contributed by atoms with Gasteiger partial charge >= 0.3 is 0 Å². The van der Waals surface area contributed by atoms with Crippen LogP contribution in [-0.4, -0.2) is 12.9 Å². The van der Waals surface area contributed by atoms with Gasteiger partial charge in [-0.2, -0.15) is 0 Å². The first-order valence-electron chi connectivity index (χ1n) is 8.72. The third-order valence-corrected chi connectivity index (χ3v) is 4.35. The molecule has 0 unspecified atom stereocenters. The van der Waals surface area contributed by atoms with Crippen LogP contribution in [0.25, 0.3) is 6.08 Å². The summed E-state index contributed by atoms with van der Waals surface area (Å²) in [4.78, 5) is 12.6. The van der Waals surface area contributed by atoms with E-state index in [1.165, 1.54) is 12.1 Å². The second-order valence-electron chi connectivity index (χ2n) is 6.29. The Hall–Kier alpha value is -3.60. The molecule has 0 spiro atoms. The summed E-state index contributed by atoms with van der Waals surface area (Å²) in [5, 5.41) is 0. The normalized spacial score (nSPS) is 13.9. The number of ketones is 1. The molecule has 1 heterocycles. The number of hydrogen-bond donors (Lipinski definition) is 0. The van der Waals surface area contributed by atoms with E-state index in [-0.39, 0.29) is 24.0 Å². The lowest BCUT2D eigenvalue weighted by Gasteiger charge is -2.07. The van der Waals surface area contributed by atoms with Crippen molar-refractivity contribution in [1.82, 2.24) is 0 Å². The third kappa shape index (κ3) is 3.74. The molecule has 0 saturated carbocycles. The predicted molar refractivity (Wildman–Crippen MR) is 103 cm³/mol. The Balaban J connectivity index is 1.49. The molecule has 140 valence electrons. The monoisotopic (exact) mass is 376 g/mol. The van der Waals surface area contributed by atoms with Crippen LogP contribution in [0.1, 0.15) is 21.5 Å². The summed E-state index contributed by atoms with van der Waals surface area (Å²) < 4.78 is 29.8. The second kappa shape index (κ2) is 7.56. The second-order valence-corrected chi connectivity index (χ2v) is 6.29. The van der Waals surface area contributed by atoms with Gasteiger partial charge in [0.2, 0.25) is 5.78 Å². The van der Waals surface area contributed by atoms with Crippen LogP contribution in [0.5, 0.6) is 17.2 Å². The van der Waals surface area contributed by atoms with E-state index in [0.29, 0.717) is 17.1 Å². The van der Waals surface area contributed by atoms with Crippen LogP contribution in [0.4, 0.5) is 4.39 Å². The molecule has 3 aromatic rings. The van der Waals surface area contributed by atoms with Crippen LogP contribution >= 0.6 is 0 Å². The van der Waals surface area contributed by atoms with E-state index < -0.39 is 0 Å². The number of benzene rings is 3. The van der Waals surface area contributed by atoms with Crippen LogP contribution < -0.4 is 14.2 Å². The van der Waals surface area contributed by atoms with Crippen molar-refractivity contribution in [1.29, 1.82) is 0 Å². The average molecular weight is 376 g/mol. The van der Waals surface area contributed by atoms with Crippen molar-refractivity contribution in [3.05, 3.63) is 95.0 Å². The van der Waals surface area contributed by atoms with Crippen LogP contribution in [0.2, 0.25) is 0 Å². The van der Waals surface area contributed by atoms with Crippen molar-refractivity contribution >= 4 is 11.9 Å². The Kier molecular flexibility index (Phi) is 4.81. The van der Waals surface area contributed by atoms with E-state index in [4.69, 9.17) is 14.2 Å². The standard InChI is InChI=1S/C23H17FO4/c1-26-18-7-5-15(6-8-18)12-22-23(25)20-10-9-19(13-21(20)28-22)27-14-16-3-2-4-17(24)11-16/h2-13H,14H2,1H3/b22-12-. The van der Waals surface area contributed by atoms with E-state index >= 15 is 0 Å². The molecule has 4 rings (SSSR count). The van der Waals surface area contributed by atoms with Gasteiger partial charge in [0, 0.05) is 6.07 Å². The molecule has 1 aliphatic heterocycles. The van der Waals surface area contributed by atoms with E-state index in [2.05, 4.69) is 0 Å². The number of rotatable bonds is 5. The zero-order valence-corrected chi connectivity index (χ0v) is 15.1. The molecule has 0 bridgehead atoms. The topological polar surface area (TPSA) is 44.8 Å². The largest absolute Gasteiger partial charge is 0.497 e. The van der Waals surface area contributed by atoms with Gasteiger partial charge in [-0.05, 0) is 53.6 Å². The molecule has 4 nitrogen and oxygen atoms in total. The minimum absolute atomic E-state index is 0.178. The molecule has 0 aliphatic carbocycles. The molecule has 0 radical (unpaired) electrons. The number of hydrogen-bond acceptors (Lipinski definition) is 4. The van der Waals surface area contributed by atoms with Crippen molar-refractivity contribution in [2.24, 2.45) is 0 Å². The molecular weight excluding hydrogens is 359 g/mol. The van der Waals surface area contributed by atoms with Crippen LogP contribution in [0.15, 0.2) is 72.5 Å². The number of methoxy groups -OCH3 is 1. The van der Waals surface area contributed by atoms with Crippen molar-refractivity contribution in [2.45, 2.75) is 6.61 Å². The van der Waals surface area contributed by atoms with Gasteiger partial charge in [-0.3, -0.25) is 4.79 Å². The SMILES string of the molecule is COc1ccc(/C=C2\Oc3cc(OCc4cccc(F)c4)ccc3C2=O)cc1. The van der Waals surface area contributed by atoms with Gasteiger partial charge in [0.15, 0.2) is 5.76 Å². The molecule has 0 atom stereocenters. The molecule has 0 fully saturated rings. The van der Waals surface area contributed by atoms with Gasteiger partial charge in [-0.25, -0.2) is 4.39 Å². The van der Waals surface area contributed by atoms with E-state index in [1.807, 2.05) is 24.3 Å². The maximum Gasteiger partial charge on any atom is 0.231 e. The van der Waals surface area contributed by atoms with Crippen molar-refractivity contribution in [3.63, 3.8) is 0 Å². The van der Waals surface area contributed by atoms with E-state index in [0.717, 1.165) is 16.9 Å². The highest BCUT2D eigenvalue weighted by Gasteiger charge is 2.27. The number of allylic oxidation sites excluding steroid dienone is 1. The first-order chi connectivity index (χ1) is 13.6. The van der Waals surface area contributed by atoms with Crippen LogP contribution in [0, 0.1) is 5.82 Å².